The highest BCUT2D eigenvalue weighted by atomic mass is 35.5. The maximum Gasteiger partial charge on any atom is 0.262 e. The molecule has 0 aliphatic carbocycles. The number of halogens is 1. The van der Waals surface area contributed by atoms with Gasteiger partial charge < -0.3 is 5.73 Å². The molecule has 1 aromatic heterocycles. The minimum Gasteiger partial charge on any atom is -0.326 e. The number of thiophene rings is 1. The van der Waals surface area contributed by atoms with Crippen molar-refractivity contribution < 1.29 is 8.42 Å². The van der Waals surface area contributed by atoms with Gasteiger partial charge in [-0.05, 0) is 30.7 Å². The zero-order valence-electron chi connectivity index (χ0n) is 10.2. The molecule has 1 heterocycles. The number of rotatable bonds is 4. The molecule has 0 bridgehead atoms. The van der Waals surface area contributed by atoms with Crippen LogP contribution in [0, 0.1) is 6.92 Å². The van der Waals surface area contributed by atoms with Gasteiger partial charge in [-0.15, -0.1) is 11.3 Å². The fourth-order valence-corrected chi connectivity index (χ4v) is 3.98. The molecule has 0 atom stereocenters. The van der Waals surface area contributed by atoms with Gasteiger partial charge in [0, 0.05) is 21.8 Å². The van der Waals surface area contributed by atoms with Crippen LogP contribution in [0.1, 0.15) is 10.4 Å². The summed E-state index contributed by atoms with van der Waals surface area (Å²) in [6.07, 6.45) is 0. The zero-order chi connectivity index (χ0) is 14.0. The Morgan fingerprint density at radius 1 is 1.42 bits per heavy atom. The van der Waals surface area contributed by atoms with Gasteiger partial charge in [0.1, 0.15) is 0 Å². The highest BCUT2D eigenvalue weighted by Crippen LogP contribution is 2.26. The first-order valence-corrected chi connectivity index (χ1v) is 8.23. The highest BCUT2D eigenvalue weighted by Gasteiger charge is 2.17. The zero-order valence-corrected chi connectivity index (χ0v) is 12.6. The van der Waals surface area contributed by atoms with Gasteiger partial charge in [0.05, 0.1) is 10.6 Å². The van der Waals surface area contributed by atoms with E-state index in [4.69, 9.17) is 17.3 Å². The van der Waals surface area contributed by atoms with Crippen molar-refractivity contribution in [3.8, 4) is 0 Å². The molecule has 102 valence electrons. The van der Waals surface area contributed by atoms with E-state index in [1.54, 1.807) is 36.6 Å². The third-order valence-electron chi connectivity index (χ3n) is 2.65. The lowest BCUT2D eigenvalue weighted by Crippen LogP contribution is -2.13. The molecule has 0 saturated heterocycles. The largest absolute Gasteiger partial charge is 0.326 e. The molecule has 19 heavy (non-hydrogen) atoms. The minimum atomic E-state index is -3.60. The summed E-state index contributed by atoms with van der Waals surface area (Å²) in [4.78, 5) is 1.04. The Morgan fingerprint density at radius 3 is 2.79 bits per heavy atom. The van der Waals surface area contributed by atoms with Crippen LogP contribution in [0.15, 0.2) is 34.5 Å². The first-order chi connectivity index (χ1) is 8.94. The molecule has 7 heteroatoms. The van der Waals surface area contributed by atoms with Gasteiger partial charge in [0.25, 0.3) is 10.0 Å². The molecule has 4 nitrogen and oxygen atoms in total. The number of sulfonamides is 1. The maximum atomic E-state index is 12.2. The quantitative estimate of drug-likeness (QED) is 0.911. The smallest absolute Gasteiger partial charge is 0.262 e. The number of hydrogen-bond acceptors (Lipinski definition) is 4. The summed E-state index contributed by atoms with van der Waals surface area (Å²) in [5.74, 6) is 0. The summed E-state index contributed by atoms with van der Waals surface area (Å²) in [6, 6.07) is 6.67. The molecule has 0 amide bonds. The van der Waals surface area contributed by atoms with E-state index in [0.29, 0.717) is 22.8 Å². The van der Waals surface area contributed by atoms with E-state index >= 15 is 0 Å². The molecule has 1 aromatic carbocycles. The van der Waals surface area contributed by atoms with E-state index in [9.17, 15) is 8.42 Å². The molecule has 0 unspecified atom stereocenters. The highest BCUT2D eigenvalue weighted by molar-refractivity contribution is 7.92. The molecule has 3 N–H and O–H groups in total. The van der Waals surface area contributed by atoms with Gasteiger partial charge in [0.2, 0.25) is 0 Å². The van der Waals surface area contributed by atoms with E-state index in [-0.39, 0.29) is 4.90 Å². The number of nitrogens with one attached hydrogen (secondary N) is 1. The second-order valence-corrected chi connectivity index (χ2v) is 7.06. The standard InChI is InChI=1S/C12H13ClN2O2S2/c1-8-11(13)3-2-4-12(8)15-19(16,17)10-5-9(6-14)18-7-10/h2-5,7,15H,6,14H2,1H3. The molecule has 2 rings (SSSR count). The molecule has 0 spiro atoms. The van der Waals surface area contributed by atoms with E-state index in [0.717, 1.165) is 4.88 Å². The second-order valence-electron chi connectivity index (χ2n) is 3.97. The van der Waals surface area contributed by atoms with Crippen LogP contribution >= 0.6 is 22.9 Å². The van der Waals surface area contributed by atoms with Crippen LogP contribution < -0.4 is 10.5 Å². The number of nitrogens with two attached hydrogens (primary N) is 1. The van der Waals surface area contributed by atoms with Gasteiger partial charge in [-0.2, -0.15) is 0 Å². The number of benzene rings is 1. The van der Waals surface area contributed by atoms with Crippen molar-refractivity contribution in [2.24, 2.45) is 5.73 Å². The minimum absolute atomic E-state index is 0.220. The van der Waals surface area contributed by atoms with E-state index in [1.807, 2.05) is 0 Å². The third-order valence-corrected chi connectivity index (χ3v) is 5.52. The Morgan fingerprint density at radius 2 is 2.16 bits per heavy atom. The van der Waals surface area contributed by atoms with Crippen molar-refractivity contribution in [3.05, 3.63) is 45.1 Å². The van der Waals surface area contributed by atoms with Crippen molar-refractivity contribution in [1.82, 2.24) is 0 Å². The van der Waals surface area contributed by atoms with Gasteiger partial charge in [-0.25, -0.2) is 8.42 Å². The van der Waals surface area contributed by atoms with Crippen LogP contribution in [0.25, 0.3) is 0 Å². The predicted molar refractivity (Wildman–Crippen MR) is 79.2 cm³/mol. The summed E-state index contributed by atoms with van der Waals surface area (Å²) in [5, 5.41) is 2.10. The van der Waals surface area contributed by atoms with Crippen molar-refractivity contribution >= 4 is 38.6 Å². The Hall–Kier alpha value is -1.08. The van der Waals surface area contributed by atoms with Crippen LogP contribution in [0.5, 0.6) is 0 Å². The van der Waals surface area contributed by atoms with Crippen LogP contribution in [-0.2, 0) is 16.6 Å². The lowest BCUT2D eigenvalue weighted by Gasteiger charge is -2.10. The Balaban J connectivity index is 2.33. The Bertz CT molecular complexity index is 696. The average Bonchev–Trinajstić information content (AvgIpc) is 2.84. The molecule has 0 aliphatic heterocycles. The molecule has 0 radical (unpaired) electrons. The lowest BCUT2D eigenvalue weighted by atomic mass is 10.2. The maximum absolute atomic E-state index is 12.2. The molecule has 0 aliphatic rings. The van der Waals surface area contributed by atoms with Crippen molar-refractivity contribution in [2.75, 3.05) is 4.72 Å². The second kappa shape index (κ2) is 5.50. The first kappa shape index (κ1) is 14.3. The van der Waals surface area contributed by atoms with E-state index < -0.39 is 10.0 Å². The van der Waals surface area contributed by atoms with Crippen molar-refractivity contribution in [1.29, 1.82) is 0 Å². The van der Waals surface area contributed by atoms with Crippen LogP contribution in [0.4, 0.5) is 5.69 Å². The normalized spacial score (nSPS) is 11.5. The summed E-state index contributed by atoms with van der Waals surface area (Å²) in [6.45, 7) is 2.09. The Labute approximate surface area is 121 Å². The summed E-state index contributed by atoms with van der Waals surface area (Å²) >= 11 is 7.29. The molecule has 2 aromatic rings. The van der Waals surface area contributed by atoms with Gasteiger partial charge in [-0.3, -0.25) is 4.72 Å². The molecular weight excluding hydrogens is 304 g/mol. The van der Waals surface area contributed by atoms with E-state index in [1.165, 1.54) is 11.3 Å². The molecular formula is C12H13ClN2O2S2. The van der Waals surface area contributed by atoms with Gasteiger partial charge >= 0.3 is 0 Å². The van der Waals surface area contributed by atoms with Crippen LogP contribution in [0.3, 0.4) is 0 Å². The average molecular weight is 317 g/mol. The number of anilines is 1. The molecule has 0 saturated carbocycles. The predicted octanol–water partition coefficient (Wildman–Crippen LogP) is 2.97. The summed E-state index contributed by atoms with van der Waals surface area (Å²) < 4.78 is 26.9. The fourth-order valence-electron chi connectivity index (χ4n) is 1.53. The summed E-state index contributed by atoms with van der Waals surface area (Å²) in [7, 11) is -3.60. The summed E-state index contributed by atoms with van der Waals surface area (Å²) in [5.41, 5.74) is 6.66. The Kier molecular flexibility index (Phi) is 4.15. The van der Waals surface area contributed by atoms with Gasteiger partial charge in [0.15, 0.2) is 0 Å². The van der Waals surface area contributed by atoms with Crippen molar-refractivity contribution in [3.63, 3.8) is 0 Å². The molecule has 0 fully saturated rings. The number of hydrogen-bond donors (Lipinski definition) is 2. The fraction of sp³-hybridized carbons (Fsp3) is 0.167. The van der Waals surface area contributed by atoms with Crippen molar-refractivity contribution in [2.45, 2.75) is 18.4 Å². The SMILES string of the molecule is Cc1c(Cl)cccc1NS(=O)(=O)c1csc(CN)c1. The van der Waals surface area contributed by atoms with Crippen LogP contribution in [-0.4, -0.2) is 8.42 Å². The third kappa shape index (κ3) is 3.09. The van der Waals surface area contributed by atoms with E-state index in [2.05, 4.69) is 4.72 Å². The van der Waals surface area contributed by atoms with Gasteiger partial charge in [-0.1, -0.05) is 17.7 Å². The monoisotopic (exact) mass is 316 g/mol. The first-order valence-electron chi connectivity index (χ1n) is 5.49. The topological polar surface area (TPSA) is 72.2 Å². The lowest BCUT2D eigenvalue weighted by molar-refractivity contribution is 0.601. The van der Waals surface area contributed by atoms with Crippen LogP contribution in [0.2, 0.25) is 5.02 Å².